The number of hydrogen-bond acceptors (Lipinski definition) is 4. The number of para-hydroxylation sites is 1. The Morgan fingerprint density at radius 2 is 1.00 bits per heavy atom. The average Bonchev–Trinajstić information content (AvgIpc) is 3.43. The van der Waals surface area contributed by atoms with Crippen LogP contribution in [0, 0.1) is 0 Å². The van der Waals surface area contributed by atoms with Crippen LogP contribution in [0.3, 0.4) is 0 Å². The standard InChI is InChI=1S/C38H23N5/c1-2-11-29-28(10-1)35-31(37-36(29)41-19-20-42-37)16-15-30-27-9-3-4-14-34(27)43(38(30)35)26-22-24(32-12-5-7-17-39-32)21-25(23-26)33-13-6-8-18-40-33/h1-23H. The highest BCUT2D eigenvalue weighted by Gasteiger charge is 2.20. The maximum absolute atomic E-state index is 4.84. The van der Waals surface area contributed by atoms with Gasteiger partial charge in [-0.15, -0.1) is 0 Å². The summed E-state index contributed by atoms with van der Waals surface area (Å²) < 4.78 is 2.40. The summed E-state index contributed by atoms with van der Waals surface area (Å²) in [5, 5.41) is 6.90. The largest absolute Gasteiger partial charge is 0.309 e. The Morgan fingerprint density at radius 1 is 0.419 bits per heavy atom. The third-order valence-corrected chi connectivity index (χ3v) is 8.34. The highest BCUT2D eigenvalue weighted by molar-refractivity contribution is 6.32. The summed E-state index contributed by atoms with van der Waals surface area (Å²) in [5.74, 6) is 0. The third kappa shape index (κ3) is 3.58. The first-order valence-corrected chi connectivity index (χ1v) is 14.3. The van der Waals surface area contributed by atoms with Crippen LogP contribution >= 0.6 is 0 Å². The molecule has 0 saturated carbocycles. The summed E-state index contributed by atoms with van der Waals surface area (Å²) >= 11 is 0. The second kappa shape index (κ2) is 9.29. The summed E-state index contributed by atoms with van der Waals surface area (Å²) in [7, 11) is 0. The molecule has 0 bridgehead atoms. The molecule has 5 aromatic carbocycles. The van der Waals surface area contributed by atoms with Gasteiger partial charge in [0, 0.05) is 68.5 Å². The monoisotopic (exact) mass is 549 g/mol. The Morgan fingerprint density at radius 3 is 1.67 bits per heavy atom. The second-order valence-corrected chi connectivity index (χ2v) is 10.7. The maximum Gasteiger partial charge on any atom is 0.0972 e. The fourth-order valence-electron chi connectivity index (χ4n) is 6.54. The van der Waals surface area contributed by atoms with Gasteiger partial charge < -0.3 is 4.57 Å². The zero-order valence-corrected chi connectivity index (χ0v) is 23.0. The van der Waals surface area contributed by atoms with Gasteiger partial charge in [0.2, 0.25) is 0 Å². The molecular weight excluding hydrogens is 526 g/mol. The van der Waals surface area contributed by atoms with Gasteiger partial charge in [0.15, 0.2) is 0 Å². The molecular formula is C38H23N5. The number of rotatable bonds is 3. The predicted octanol–water partition coefficient (Wildman–Crippen LogP) is 9.16. The van der Waals surface area contributed by atoms with E-state index >= 15 is 0 Å². The zero-order chi connectivity index (χ0) is 28.3. The van der Waals surface area contributed by atoms with Crippen molar-refractivity contribution < 1.29 is 0 Å². The average molecular weight is 550 g/mol. The van der Waals surface area contributed by atoms with Crippen LogP contribution in [0.15, 0.2) is 140 Å². The molecule has 0 aliphatic carbocycles. The molecule has 4 aromatic heterocycles. The lowest BCUT2D eigenvalue weighted by Crippen LogP contribution is -1.98. The van der Waals surface area contributed by atoms with Crippen molar-refractivity contribution in [2.24, 2.45) is 0 Å². The first-order chi connectivity index (χ1) is 21.3. The molecule has 43 heavy (non-hydrogen) atoms. The first kappa shape index (κ1) is 23.7. The van der Waals surface area contributed by atoms with Gasteiger partial charge in [-0.05, 0) is 53.9 Å². The minimum absolute atomic E-state index is 0.909. The SMILES string of the molecule is c1ccc(-c2cc(-c3ccccn3)cc(-n3c4ccccc4c4ccc5c6nccnc6c6ccccc6c5c43)c2)nc1. The van der Waals surface area contributed by atoms with Crippen molar-refractivity contribution in [3.8, 4) is 28.2 Å². The van der Waals surface area contributed by atoms with E-state index in [0.717, 1.165) is 66.4 Å². The summed E-state index contributed by atoms with van der Waals surface area (Å²) in [5.41, 5.74) is 9.06. The maximum atomic E-state index is 4.84. The fraction of sp³-hybridized carbons (Fsp3) is 0. The fourth-order valence-corrected chi connectivity index (χ4v) is 6.54. The lowest BCUT2D eigenvalue weighted by atomic mass is 9.97. The molecule has 5 nitrogen and oxygen atoms in total. The van der Waals surface area contributed by atoms with E-state index in [1.165, 1.54) is 16.2 Å². The lowest BCUT2D eigenvalue weighted by molar-refractivity contribution is 1.18. The minimum Gasteiger partial charge on any atom is -0.309 e. The highest BCUT2D eigenvalue weighted by Crippen LogP contribution is 2.42. The van der Waals surface area contributed by atoms with Crippen LogP contribution in [0.4, 0.5) is 0 Å². The number of pyridine rings is 2. The van der Waals surface area contributed by atoms with Crippen LogP contribution in [0.25, 0.3) is 82.6 Å². The summed E-state index contributed by atoms with van der Waals surface area (Å²) in [4.78, 5) is 19.0. The van der Waals surface area contributed by atoms with E-state index in [9.17, 15) is 0 Å². The molecule has 4 heterocycles. The van der Waals surface area contributed by atoms with Crippen molar-refractivity contribution in [3.05, 3.63) is 140 Å². The van der Waals surface area contributed by atoms with Crippen molar-refractivity contribution in [1.29, 1.82) is 0 Å². The van der Waals surface area contributed by atoms with Crippen LogP contribution < -0.4 is 0 Å². The Labute approximate surface area is 246 Å². The molecule has 9 aromatic rings. The van der Waals surface area contributed by atoms with E-state index in [1.807, 2.05) is 36.7 Å². The molecule has 0 atom stereocenters. The molecule has 0 aliphatic heterocycles. The van der Waals surface area contributed by atoms with Crippen molar-refractivity contribution in [1.82, 2.24) is 24.5 Å². The van der Waals surface area contributed by atoms with Gasteiger partial charge in [-0.2, -0.15) is 0 Å². The normalized spacial score (nSPS) is 11.7. The number of benzene rings is 5. The van der Waals surface area contributed by atoms with Crippen LogP contribution in [0.5, 0.6) is 0 Å². The Kier molecular flexibility index (Phi) is 5.13. The second-order valence-electron chi connectivity index (χ2n) is 10.7. The Hall–Kier alpha value is -5.94. The van der Waals surface area contributed by atoms with Gasteiger partial charge in [-0.1, -0.05) is 66.7 Å². The summed E-state index contributed by atoms with van der Waals surface area (Å²) in [6, 6.07) is 40.4. The van der Waals surface area contributed by atoms with Crippen LogP contribution in [-0.4, -0.2) is 24.5 Å². The van der Waals surface area contributed by atoms with Gasteiger partial charge in [-0.25, -0.2) is 0 Å². The third-order valence-electron chi connectivity index (χ3n) is 8.34. The van der Waals surface area contributed by atoms with E-state index in [2.05, 4.69) is 95.6 Å². The minimum atomic E-state index is 0.909. The van der Waals surface area contributed by atoms with E-state index in [4.69, 9.17) is 19.9 Å². The number of nitrogens with zero attached hydrogens (tertiary/aromatic N) is 5. The zero-order valence-electron chi connectivity index (χ0n) is 23.0. The van der Waals surface area contributed by atoms with Crippen molar-refractivity contribution >= 4 is 54.4 Å². The lowest BCUT2D eigenvalue weighted by Gasteiger charge is -2.15. The van der Waals surface area contributed by atoms with Crippen molar-refractivity contribution in [2.75, 3.05) is 0 Å². The number of aromatic nitrogens is 5. The van der Waals surface area contributed by atoms with Crippen LogP contribution in [-0.2, 0) is 0 Å². The molecule has 9 rings (SSSR count). The van der Waals surface area contributed by atoms with Crippen LogP contribution in [0.2, 0.25) is 0 Å². The molecule has 0 unspecified atom stereocenters. The van der Waals surface area contributed by atoms with E-state index in [0.29, 0.717) is 0 Å². The molecule has 0 amide bonds. The Bertz CT molecular complexity index is 2410. The molecule has 200 valence electrons. The van der Waals surface area contributed by atoms with Gasteiger partial charge in [-0.3, -0.25) is 19.9 Å². The number of hydrogen-bond donors (Lipinski definition) is 0. The van der Waals surface area contributed by atoms with Gasteiger partial charge in [0.1, 0.15) is 0 Å². The van der Waals surface area contributed by atoms with Crippen molar-refractivity contribution in [3.63, 3.8) is 0 Å². The summed E-state index contributed by atoms with van der Waals surface area (Å²) in [6.07, 6.45) is 7.24. The highest BCUT2D eigenvalue weighted by atomic mass is 15.0. The Balaban J connectivity index is 1.49. The van der Waals surface area contributed by atoms with E-state index < -0.39 is 0 Å². The predicted molar refractivity (Wildman–Crippen MR) is 175 cm³/mol. The molecule has 0 saturated heterocycles. The van der Waals surface area contributed by atoms with E-state index in [-0.39, 0.29) is 0 Å². The van der Waals surface area contributed by atoms with Gasteiger partial charge in [0.25, 0.3) is 0 Å². The van der Waals surface area contributed by atoms with Crippen molar-refractivity contribution in [2.45, 2.75) is 0 Å². The van der Waals surface area contributed by atoms with Gasteiger partial charge in [0.05, 0.1) is 33.5 Å². The smallest absolute Gasteiger partial charge is 0.0972 e. The number of fused-ring (bicyclic) bond motifs is 10. The molecule has 5 heteroatoms. The van der Waals surface area contributed by atoms with Crippen LogP contribution in [0.1, 0.15) is 0 Å². The molecule has 0 aliphatic rings. The topological polar surface area (TPSA) is 56.5 Å². The molecule has 0 spiro atoms. The first-order valence-electron chi connectivity index (χ1n) is 14.3. The van der Waals surface area contributed by atoms with Gasteiger partial charge >= 0.3 is 0 Å². The quantitative estimate of drug-likeness (QED) is 0.206. The summed E-state index contributed by atoms with van der Waals surface area (Å²) in [6.45, 7) is 0. The van der Waals surface area contributed by atoms with E-state index in [1.54, 1.807) is 12.4 Å². The molecule has 0 N–H and O–H groups in total. The molecule has 0 fully saturated rings. The molecule has 0 radical (unpaired) electrons.